The van der Waals surface area contributed by atoms with Gasteiger partial charge in [0.1, 0.15) is 18.1 Å². The number of carbonyl (C=O) groups is 2. The number of hydrogen-bond donors (Lipinski definition) is 3. The Balaban J connectivity index is 2.04. The Morgan fingerprint density at radius 1 is 1.48 bits per heavy atom. The van der Waals surface area contributed by atoms with Gasteiger partial charge in [-0.05, 0) is 40.0 Å². The van der Waals surface area contributed by atoms with Gasteiger partial charge in [-0.1, -0.05) is 0 Å². The first-order valence-electron chi connectivity index (χ1n) is 6.96. The van der Waals surface area contributed by atoms with Crippen LogP contribution in [0.15, 0.2) is 6.20 Å². The number of nitrogens with one attached hydrogen (secondary N) is 2. The molecule has 0 unspecified atom stereocenters. The van der Waals surface area contributed by atoms with E-state index < -0.39 is 11.5 Å². The fourth-order valence-electron chi connectivity index (χ4n) is 2.21. The van der Waals surface area contributed by atoms with Crippen molar-refractivity contribution in [1.82, 2.24) is 15.3 Å². The van der Waals surface area contributed by atoms with Crippen molar-refractivity contribution in [2.24, 2.45) is 0 Å². The Morgan fingerprint density at radius 2 is 2.14 bits per heavy atom. The van der Waals surface area contributed by atoms with Crippen molar-refractivity contribution >= 4 is 11.9 Å². The number of aromatic nitrogens is 2. The maximum Gasteiger partial charge on any atom is 0.353 e. The zero-order valence-corrected chi connectivity index (χ0v) is 12.5. The minimum Gasteiger partial charge on any atom is -0.477 e. The molecule has 1 aliphatic rings. The van der Waals surface area contributed by atoms with Gasteiger partial charge in [-0.15, -0.1) is 0 Å². The van der Waals surface area contributed by atoms with Crippen LogP contribution in [0.1, 0.15) is 56.3 Å². The molecule has 3 N–H and O–H groups in total. The van der Waals surface area contributed by atoms with Crippen LogP contribution in [0.25, 0.3) is 0 Å². The lowest BCUT2D eigenvalue weighted by atomic mass is 9.76. The molecule has 116 valence electrons. The first-order valence-corrected chi connectivity index (χ1v) is 6.96. The average molecular weight is 295 g/mol. The van der Waals surface area contributed by atoms with Crippen LogP contribution in [0.4, 0.5) is 0 Å². The first kappa shape index (κ1) is 15.5. The zero-order valence-electron chi connectivity index (χ0n) is 12.5. The van der Waals surface area contributed by atoms with Crippen molar-refractivity contribution in [3.63, 3.8) is 0 Å². The Bertz CT molecular complexity index is 541. The Kier molecular flexibility index (Phi) is 4.04. The lowest BCUT2D eigenvalue weighted by Crippen LogP contribution is -2.52. The molecular formula is C14H21N3O4. The molecule has 0 spiro atoms. The maximum atomic E-state index is 12.0. The standard InChI is InChI=1S/C14H21N3O4/c1-13(2,3)21-8-10(18)17-14(5-4-6-14)12-15-7-9(16-12)11(19)20/h7H,4-6,8H2,1-3H3,(H,15,16)(H,17,18)(H,19,20). The lowest BCUT2D eigenvalue weighted by molar-refractivity contribution is -0.134. The molecule has 7 heteroatoms. The van der Waals surface area contributed by atoms with Crippen molar-refractivity contribution in [2.45, 2.75) is 51.2 Å². The molecule has 0 bridgehead atoms. The zero-order chi connectivity index (χ0) is 15.7. The number of ether oxygens (including phenoxy) is 1. The van der Waals surface area contributed by atoms with E-state index in [2.05, 4.69) is 15.3 Å². The quantitative estimate of drug-likeness (QED) is 0.762. The van der Waals surface area contributed by atoms with E-state index in [-0.39, 0.29) is 23.8 Å². The van der Waals surface area contributed by atoms with Crippen molar-refractivity contribution in [1.29, 1.82) is 0 Å². The number of carboxylic acid groups (broad SMARTS) is 1. The molecule has 1 fully saturated rings. The number of amides is 1. The predicted octanol–water partition coefficient (Wildman–Crippen LogP) is 1.42. The molecule has 1 aromatic heterocycles. The summed E-state index contributed by atoms with van der Waals surface area (Å²) in [6, 6.07) is 0. The van der Waals surface area contributed by atoms with Crippen LogP contribution < -0.4 is 5.32 Å². The second kappa shape index (κ2) is 5.48. The van der Waals surface area contributed by atoms with Crippen LogP contribution in [0.3, 0.4) is 0 Å². The summed E-state index contributed by atoms with van der Waals surface area (Å²) in [5.74, 6) is -0.793. The Hall–Kier alpha value is -1.89. The highest BCUT2D eigenvalue weighted by Crippen LogP contribution is 2.39. The van der Waals surface area contributed by atoms with Crippen molar-refractivity contribution in [3.8, 4) is 0 Å². The molecule has 1 aliphatic carbocycles. The van der Waals surface area contributed by atoms with E-state index in [0.717, 1.165) is 19.3 Å². The van der Waals surface area contributed by atoms with Crippen LogP contribution in [0.5, 0.6) is 0 Å². The highest BCUT2D eigenvalue weighted by Gasteiger charge is 2.43. The van der Waals surface area contributed by atoms with Gasteiger partial charge in [0.25, 0.3) is 0 Å². The van der Waals surface area contributed by atoms with Crippen LogP contribution in [-0.2, 0) is 15.1 Å². The van der Waals surface area contributed by atoms with Crippen LogP contribution in [0, 0.1) is 0 Å². The molecule has 2 rings (SSSR count). The minimum atomic E-state index is -1.06. The van der Waals surface area contributed by atoms with Gasteiger partial charge in [0, 0.05) is 0 Å². The highest BCUT2D eigenvalue weighted by molar-refractivity contribution is 5.85. The van der Waals surface area contributed by atoms with E-state index in [1.165, 1.54) is 6.20 Å². The number of hydrogen-bond acceptors (Lipinski definition) is 4. The number of carboxylic acids is 1. The summed E-state index contributed by atoms with van der Waals surface area (Å²) in [5, 5.41) is 11.9. The van der Waals surface area contributed by atoms with E-state index >= 15 is 0 Å². The monoisotopic (exact) mass is 295 g/mol. The Morgan fingerprint density at radius 3 is 2.57 bits per heavy atom. The van der Waals surface area contributed by atoms with Crippen molar-refractivity contribution in [2.75, 3.05) is 6.61 Å². The molecule has 1 aromatic rings. The van der Waals surface area contributed by atoms with Gasteiger partial charge in [0.15, 0.2) is 0 Å². The van der Waals surface area contributed by atoms with E-state index in [9.17, 15) is 9.59 Å². The number of nitrogens with zero attached hydrogens (tertiary/aromatic N) is 1. The van der Waals surface area contributed by atoms with E-state index in [4.69, 9.17) is 9.84 Å². The molecule has 7 nitrogen and oxygen atoms in total. The number of aromatic amines is 1. The topological polar surface area (TPSA) is 104 Å². The second-order valence-electron chi connectivity index (χ2n) is 6.34. The molecule has 0 saturated heterocycles. The summed E-state index contributed by atoms with van der Waals surface area (Å²) in [7, 11) is 0. The van der Waals surface area contributed by atoms with Gasteiger partial charge >= 0.3 is 5.97 Å². The van der Waals surface area contributed by atoms with E-state index in [0.29, 0.717) is 5.82 Å². The Labute approximate surface area is 123 Å². The van der Waals surface area contributed by atoms with Crippen molar-refractivity contribution < 1.29 is 19.4 Å². The van der Waals surface area contributed by atoms with Gasteiger partial charge in [0.2, 0.25) is 5.91 Å². The molecule has 0 aromatic carbocycles. The van der Waals surface area contributed by atoms with Crippen LogP contribution in [-0.4, -0.2) is 39.2 Å². The maximum absolute atomic E-state index is 12.0. The number of aromatic carboxylic acids is 1. The number of carbonyl (C=O) groups excluding carboxylic acids is 1. The third-order valence-electron chi connectivity index (χ3n) is 3.48. The van der Waals surface area contributed by atoms with E-state index in [1.807, 2.05) is 20.8 Å². The van der Waals surface area contributed by atoms with Gasteiger partial charge < -0.3 is 20.1 Å². The number of rotatable bonds is 5. The van der Waals surface area contributed by atoms with Gasteiger partial charge in [-0.25, -0.2) is 9.78 Å². The lowest BCUT2D eigenvalue weighted by Gasteiger charge is -2.41. The molecule has 0 atom stereocenters. The molecule has 0 aliphatic heterocycles. The molecular weight excluding hydrogens is 274 g/mol. The fourth-order valence-corrected chi connectivity index (χ4v) is 2.21. The van der Waals surface area contributed by atoms with Crippen molar-refractivity contribution in [3.05, 3.63) is 17.7 Å². The normalized spacial score (nSPS) is 17.1. The summed E-state index contributed by atoms with van der Waals surface area (Å²) >= 11 is 0. The summed E-state index contributed by atoms with van der Waals surface area (Å²) in [5.41, 5.74) is -0.950. The SMILES string of the molecule is CC(C)(C)OCC(=O)NC1(c2ncc(C(=O)O)[nH]2)CCC1. The fraction of sp³-hybridized carbons (Fsp3) is 0.643. The second-order valence-corrected chi connectivity index (χ2v) is 6.34. The van der Waals surface area contributed by atoms with Gasteiger partial charge in [-0.3, -0.25) is 4.79 Å². The largest absolute Gasteiger partial charge is 0.477 e. The number of imidazole rings is 1. The third-order valence-corrected chi connectivity index (χ3v) is 3.48. The summed E-state index contributed by atoms with van der Waals surface area (Å²) < 4.78 is 5.45. The first-order chi connectivity index (χ1) is 9.72. The van der Waals surface area contributed by atoms with Gasteiger partial charge in [0.05, 0.1) is 17.3 Å². The predicted molar refractivity (Wildman–Crippen MR) is 74.9 cm³/mol. The molecule has 21 heavy (non-hydrogen) atoms. The van der Waals surface area contributed by atoms with Gasteiger partial charge in [-0.2, -0.15) is 0 Å². The molecule has 1 saturated carbocycles. The summed E-state index contributed by atoms with van der Waals surface area (Å²) in [4.78, 5) is 29.8. The summed E-state index contributed by atoms with van der Waals surface area (Å²) in [6.07, 6.45) is 3.71. The van der Waals surface area contributed by atoms with Crippen LogP contribution >= 0.6 is 0 Å². The molecule has 0 radical (unpaired) electrons. The molecule has 1 heterocycles. The number of H-pyrrole nitrogens is 1. The van der Waals surface area contributed by atoms with E-state index in [1.54, 1.807) is 0 Å². The molecule has 1 amide bonds. The smallest absolute Gasteiger partial charge is 0.353 e. The third kappa shape index (κ3) is 3.60. The summed E-state index contributed by atoms with van der Waals surface area (Å²) in [6.45, 7) is 5.61. The highest BCUT2D eigenvalue weighted by atomic mass is 16.5. The average Bonchev–Trinajstić information content (AvgIpc) is 2.80. The van der Waals surface area contributed by atoms with Crippen LogP contribution in [0.2, 0.25) is 0 Å². The minimum absolute atomic E-state index is 0.0245.